The molecule has 0 saturated heterocycles. The molecule has 0 heterocycles. The lowest BCUT2D eigenvalue weighted by atomic mass is 10.1. The summed E-state index contributed by atoms with van der Waals surface area (Å²) >= 11 is 5.75. The van der Waals surface area contributed by atoms with Gasteiger partial charge in [0.15, 0.2) is 11.5 Å². The first kappa shape index (κ1) is 12.4. The molecule has 4 N–H and O–H groups in total. The third-order valence-corrected chi connectivity index (χ3v) is 1.91. The molecule has 0 spiro atoms. The number of hydrogen-bond donors (Lipinski definition) is 3. The van der Waals surface area contributed by atoms with E-state index >= 15 is 0 Å². The molecule has 0 atom stereocenters. The second-order valence-electron chi connectivity index (χ2n) is 2.47. The van der Waals surface area contributed by atoms with Gasteiger partial charge in [-0.2, -0.15) is 0 Å². The molecule has 74 valence electrons. The standard InChI is InChI=1S/C8H10ClNO2.ClH/c9-6-4-8(12)7(11)3-5(6)1-2-10;/h3-4,11-12H,1-2,10H2;1H. The molecule has 0 aromatic heterocycles. The van der Waals surface area contributed by atoms with Crippen LogP contribution < -0.4 is 5.73 Å². The Labute approximate surface area is 87.5 Å². The van der Waals surface area contributed by atoms with E-state index in [1.54, 1.807) is 0 Å². The maximum Gasteiger partial charge on any atom is 0.158 e. The summed E-state index contributed by atoms with van der Waals surface area (Å²) in [6, 6.07) is 2.73. The predicted molar refractivity (Wildman–Crippen MR) is 54.8 cm³/mol. The van der Waals surface area contributed by atoms with Crippen LogP contribution in [-0.4, -0.2) is 16.8 Å². The van der Waals surface area contributed by atoms with Crippen LogP contribution in [0.1, 0.15) is 5.56 Å². The Morgan fingerprint density at radius 2 is 1.77 bits per heavy atom. The van der Waals surface area contributed by atoms with Crippen LogP contribution >= 0.6 is 24.0 Å². The predicted octanol–water partition coefficient (Wildman–Crippen LogP) is 1.67. The molecule has 3 nitrogen and oxygen atoms in total. The van der Waals surface area contributed by atoms with Gasteiger partial charge in [0.1, 0.15) is 0 Å². The van der Waals surface area contributed by atoms with Crippen molar-refractivity contribution in [2.24, 2.45) is 5.73 Å². The molecule has 0 aliphatic rings. The van der Waals surface area contributed by atoms with E-state index in [1.165, 1.54) is 12.1 Å². The summed E-state index contributed by atoms with van der Waals surface area (Å²) in [4.78, 5) is 0. The van der Waals surface area contributed by atoms with E-state index in [1.807, 2.05) is 0 Å². The van der Waals surface area contributed by atoms with Crippen molar-refractivity contribution in [2.75, 3.05) is 6.54 Å². The van der Waals surface area contributed by atoms with Gasteiger partial charge < -0.3 is 15.9 Å². The Morgan fingerprint density at radius 3 is 2.31 bits per heavy atom. The third kappa shape index (κ3) is 2.95. The third-order valence-electron chi connectivity index (χ3n) is 1.56. The molecule has 0 aliphatic carbocycles. The van der Waals surface area contributed by atoms with Gasteiger partial charge in [-0.05, 0) is 24.6 Å². The van der Waals surface area contributed by atoms with Crippen molar-refractivity contribution in [2.45, 2.75) is 6.42 Å². The Bertz CT molecular complexity index is 292. The van der Waals surface area contributed by atoms with Gasteiger partial charge in [0.2, 0.25) is 0 Å². The summed E-state index contributed by atoms with van der Waals surface area (Å²) in [5.74, 6) is -0.372. The van der Waals surface area contributed by atoms with Crippen LogP contribution in [-0.2, 0) is 6.42 Å². The molecule has 1 aromatic carbocycles. The highest BCUT2D eigenvalue weighted by atomic mass is 35.5. The van der Waals surface area contributed by atoms with Crippen LogP contribution in [0, 0.1) is 0 Å². The summed E-state index contributed by atoms with van der Waals surface area (Å²) in [7, 11) is 0. The minimum atomic E-state index is -0.208. The first-order valence-corrected chi connectivity index (χ1v) is 3.93. The lowest BCUT2D eigenvalue weighted by molar-refractivity contribution is 0.403. The summed E-state index contributed by atoms with van der Waals surface area (Å²) in [5, 5.41) is 18.6. The van der Waals surface area contributed by atoms with Crippen molar-refractivity contribution < 1.29 is 10.2 Å². The molecular formula is C8H11Cl2NO2. The zero-order chi connectivity index (χ0) is 9.14. The Hall–Kier alpha value is -0.640. The SMILES string of the molecule is Cl.NCCc1cc(O)c(O)cc1Cl. The van der Waals surface area contributed by atoms with Crippen molar-refractivity contribution in [3.63, 3.8) is 0 Å². The number of rotatable bonds is 2. The van der Waals surface area contributed by atoms with Crippen LogP contribution in [0.2, 0.25) is 5.02 Å². The first-order valence-electron chi connectivity index (χ1n) is 3.55. The largest absolute Gasteiger partial charge is 0.504 e. The number of benzene rings is 1. The zero-order valence-electron chi connectivity index (χ0n) is 6.83. The van der Waals surface area contributed by atoms with Crippen molar-refractivity contribution in [1.29, 1.82) is 0 Å². The van der Waals surface area contributed by atoms with Gasteiger partial charge in [0.25, 0.3) is 0 Å². The minimum absolute atomic E-state index is 0. The monoisotopic (exact) mass is 223 g/mol. The second-order valence-corrected chi connectivity index (χ2v) is 2.88. The lowest BCUT2D eigenvalue weighted by Crippen LogP contribution is -2.02. The maximum absolute atomic E-state index is 9.10. The van der Waals surface area contributed by atoms with Crippen LogP contribution in [0.25, 0.3) is 0 Å². The van der Waals surface area contributed by atoms with Crippen LogP contribution in [0.3, 0.4) is 0 Å². The van der Waals surface area contributed by atoms with Crippen molar-refractivity contribution >= 4 is 24.0 Å². The molecule has 0 bridgehead atoms. The fraction of sp³-hybridized carbons (Fsp3) is 0.250. The van der Waals surface area contributed by atoms with Crippen LogP contribution in [0.15, 0.2) is 12.1 Å². The molecule has 5 heteroatoms. The Morgan fingerprint density at radius 1 is 1.23 bits per heavy atom. The zero-order valence-corrected chi connectivity index (χ0v) is 8.40. The number of aromatic hydroxyl groups is 2. The number of halogens is 2. The number of hydrogen-bond acceptors (Lipinski definition) is 3. The highest BCUT2D eigenvalue weighted by Gasteiger charge is 2.05. The van der Waals surface area contributed by atoms with E-state index in [0.717, 1.165) is 5.56 Å². The van der Waals surface area contributed by atoms with Crippen LogP contribution in [0.4, 0.5) is 0 Å². The number of nitrogens with two attached hydrogens (primary N) is 1. The van der Waals surface area contributed by atoms with Gasteiger partial charge in [-0.15, -0.1) is 12.4 Å². The highest BCUT2D eigenvalue weighted by molar-refractivity contribution is 6.31. The highest BCUT2D eigenvalue weighted by Crippen LogP contribution is 2.31. The van der Waals surface area contributed by atoms with Crippen LogP contribution in [0.5, 0.6) is 11.5 Å². The fourth-order valence-corrected chi connectivity index (χ4v) is 1.19. The van der Waals surface area contributed by atoms with E-state index in [0.29, 0.717) is 18.0 Å². The second kappa shape index (κ2) is 5.17. The summed E-state index contributed by atoms with van der Waals surface area (Å²) in [6.07, 6.45) is 0.590. The molecule has 1 aromatic rings. The molecule has 0 radical (unpaired) electrons. The first-order chi connectivity index (χ1) is 5.65. The molecule has 0 amide bonds. The quantitative estimate of drug-likeness (QED) is 0.669. The van der Waals surface area contributed by atoms with Gasteiger partial charge in [-0.1, -0.05) is 11.6 Å². The Balaban J connectivity index is 0.00000144. The fourth-order valence-electron chi connectivity index (χ4n) is 0.942. The molecule has 0 saturated carbocycles. The molecule has 1 rings (SSSR count). The normalized spacial score (nSPS) is 9.38. The van der Waals surface area contributed by atoms with Gasteiger partial charge in [-0.25, -0.2) is 0 Å². The molecule has 0 unspecified atom stereocenters. The lowest BCUT2D eigenvalue weighted by Gasteiger charge is -2.04. The smallest absolute Gasteiger partial charge is 0.158 e. The van der Waals surface area contributed by atoms with E-state index < -0.39 is 0 Å². The van der Waals surface area contributed by atoms with E-state index in [9.17, 15) is 0 Å². The van der Waals surface area contributed by atoms with Gasteiger partial charge in [-0.3, -0.25) is 0 Å². The molecular weight excluding hydrogens is 213 g/mol. The molecule has 0 fully saturated rings. The number of phenols is 2. The van der Waals surface area contributed by atoms with Gasteiger partial charge in [0.05, 0.1) is 0 Å². The number of phenolic OH excluding ortho intramolecular Hbond substituents is 2. The van der Waals surface area contributed by atoms with Crippen molar-refractivity contribution in [1.82, 2.24) is 0 Å². The van der Waals surface area contributed by atoms with Crippen molar-refractivity contribution in [3.8, 4) is 11.5 Å². The average molecular weight is 224 g/mol. The van der Waals surface area contributed by atoms with Gasteiger partial charge in [0, 0.05) is 11.1 Å². The molecule has 0 aliphatic heterocycles. The summed E-state index contributed by atoms with van der Waals surface area (Å²) < 4.78 is 0. The van der Waals surface area contributed by atoms with E-state index in [4.69, 9.17) is 27.5 Å². The summed E-state index contributed by atoms with van der Waals surface area (Å²) in [5.41, 5.74) is 6.06. The van der Waals surface area contributed by atoms with E-state index in [-0.39, 0.29) is 23.9 Å². The van der Waals surface area contributed by atoms with Gasteiger partial charge >= 0.3 is 0 Å². The van der Waals surface area contributed by atoms with E-state index in [2.05, 4.69) is 0 Å². The maximum atomic E-state index is 9.10. The summed E-state index contributed by atoms with van der Waals surface area (Å²) in [6.45, 7) is 0.462. The van der Waals surface area contributed by atoms with Crippen molar-refractivity contribution in [3.05, 3.63) is 22.7 Å². The topological polar surface area (TPSA) is 66.5 Å². The molecule has 13 heavy (non-hydrogen) atoms. The Kier molecular flexibility index (Phi) is 4.91. The average Bonchev–Trinajstić information content (AvgIpc) is 2.01. The minimum Gasteiger partial charge on any atom is -0.504 e.